The van der Waals surface area contributed by atoms with E-state index in [2.05, 4.69) is 4.98 Å². The second-order valence-corrected chi connectivity index (χ2v) is 3.82. The third-order valence-corrected chi connectivity index (χ3v) is 2.93. The van der Waals surface area contributed by atoms with Crippen LogP contribution in [0.25, 0.3) is 0 Å². The number of aromatic nitrogens is 2. The molecule has 2 N–H and O–H groups in total. The second-order valence-electron chi connectivity index (χ2n) is 3.41. The number of hydrogen-bond donors (Lipinski definition) is 2. The van der Waals surface area contributed by atoms with Gasteiger partial charge in [0.25, 0.3) is 0 Å². The van der Waals surface area contributed by atoms with Crippen molar-refractivity contribution in [3.63, 3.8) is 0 Å². The van der Waals surface area contributed by atoms with Crippen molar-refractivity contribution >= 4 is 12.2 Å². The summed E-state index contributed by atoms with van der Waals surface area (Å²) in [5.74, 6) is 0. The molecule has 1 aromatic heterocycles. The smallest absolute Gasteiger partial charge is 0.326 e. The SMILES string of the molecule is O=c1[nH]c(=S)c2c(n1CCO)CCC2. The highest BCUT2D eigenvalue weighted by atomic mass is 32.1. The summed E-state index contributed by atoms with van der Waals surface area (Å²) >= 11 is 5.08. The Morgan fingerprint density at radius 3 is 3.00 bits per heavy atom. The van der Waals surface area contributed by atoms with E-state index in [1.807, 2.05) is 0 Å². The van der Waals surface area contributed by atoms with Gasteiger partial charge in [-0.05, 0) is 19.3 Å². The van der Waals surface area contributed by atoms with Crippen LogP contribution in [0.3, 0.4) is 0 Å². The summed E-state index contributed by atoms with van der Waals surface area (Å²) in [6, 6.07) is 0. The molecule has 4 nitrogen and oxygen atoms in total. The highest BCUT2D eigenvalue weighted by Gasteiger charge is 2.17. The Balaban J connectivity index is 2.66. The fourth-order valence-electron chi connectivity index (χ4n) is 1.97. The lowest BCUT2D eigenvalue weighted by molar-refractivity contribution is 0.271. The molecule has 1 aromatic rings. The minimum absolute atomic E-state index is 0.0169. The van der Waals surface area contributed by atoms with E-state index in [4.69, 9.17) is 17.3 Å². The highest BCUT2D eigenvalue weighted by Crippen LogP contribution is 2.20. The number of H-pyrrole nitrogens is 1. The molecule has 0 saturated heterocycles. The van der Waals surface area contributed by atoms with Crippen LogP contribution in [-0.4, -0.2) is 21.3 Å². The van der Waals surface area contributed by atoms with Crippen molar-refractivity contribution in [2.24, 2.45) is 0 Å². The van der Waals surface area contributed by atoms with Gasteiger partial charge >= 0.3 is 5.69 Å². The fraction of sp³-hybridized carbons (Fsp3) is 0.556. The molecule has 0 radical (unpaired) electrons. The van der Waals surface area contributed by atoms with E-state index in [0.29, 0.717) is 11.2 Å². The van der Waals surface area contributed by atoms with E-state index < -0.39 is 0 Å². The molecule has 76 valence electrons. The van der Waals surface area contributed by atoms with Crippen molar-refractivity contribution in [2.45, 2.75) is 25.8 Å². The lowest BCUT2D eigenvalue weighted by Crippen LogP contribution is -2.27. The van der Waals surface area contributed by atoms with E-state index >= 15 is 0 Å². The Morgan fingerprint density at radius 1 is 1.50 bits per heavy atom. The van der Waals surface area contributed by atoms with Gasteiger partial charge in [0.15, 0.2) is 0 Å². The van der Waals surface area contributed by atoms with Crippen molar-refractivity contribution < 1.29 is 5.11 Å². The van der Waals surface area contributed by atoms with Crippen molar-refractivity contribution in [1.82, 2.24) is 9.55 Å². The summed E-state index contributed by atoms with van der Waals surface area (Å²) in [7, 11) is 0. The van der Waals surface area contributed by atoms with Gasteiger partial charge in [0.1, 0.15) is 4.64 Å². The molecule has 0 saturated carbocycles. The minimum Gasteiger partial charge on any atom is -0.395 e. The largest absolute Gasteiger partial charge is 0.395 e. The van der Waals surface area contributed by atoms with Gasteiger partial charge in [-0.3, -0.25) is 9.55 Å². The summed E-state index contributed by atoms with van der Waals surface area (Å²) in [6.45, 7) is 0.338. The molecule has 5 heteroatoms. The third-order valence-electron chi connectivity index (χ3n) is 2.58. The Morgan fingerprint density at radius 2 is 2.29 bits per heavy atom. The normalized spacial score (nSPS) is 14.4. The number of nitrogens with one attached hydrogen (secondary N) is 1. The molecule has 0 amide bonds. The predicted octanol–water partition coefficient (Wildman–Crippen LogP) is 0.387. The van der Waals surface area contributed by atoms with Crippen LogP contribution < -0.4 is 5.69 Å². The average Bonchev–Trinajstić information content (AvgIpc) is 2.60. The van der Waals surface area contributed by atoms with Gasteiger partial charge in [-0.15, -0.1) is 0 Å². The van der Waals surface area contributed by atoms with Crippen LogP contribution >= 0.6 is 12.2 Å². The lowest BCUT2D eigenvalue weighted by Gasteiger charge is -2.09. The standard InChI is InChI=1S/C9H12N2O2S/c12-5-4-11-7-3-1-2-6(7)8(14)10-9(11)13/h12H,1-5H2,(H,10,13,14). The summed E-state index contributed by atoms with van der Waals surface area (Å²) < 4.78 is 2.16. The molecule has 0 aliphatic heterocycles. The first-order valence-corrected chi connectivity index (χ1v) is 5.10. The molecule has 0 unspecified atom stereocenters. The molecule has 0 aromatic carbocycles. The maximum Gasteiger partial charge on any atom is 0.326 e. The first kappa shape index (κ1) is 9.61. The highest BCUT2D eigenvalue weighted by molar-refractivity contribution is 7.71. The Hall–Kier alpha value is -0.940. The van der Waals surface area contributed by atoms with Gasteiger partial charge in [0, 0.05) is 11.3 Å². The monoisotopic (exact) mass is 212 g/mol. The van der Waals surface area contributed by atoms with Crippen LogP contribution in [0.15, 0.2) is 4.79 Å². The Labute approximate surface area is 86.2 Å². The number of fused-ring (bicyclic) bond motifs is 1. The number of aromatic amines is 1. The van der Waals surface area contributed by atoms with E-state index in [9.17, 15) is 4.79 Å². The Kier molecular flexibility index (Phi) is 2.52. The molecular formula is C9H12N2O2S. The summed E-state index contributed by atoms with van der Waals surface area (Å²) in [5.41, 5.74) is 1.88. The van der Waals surface area contributed by atoms with Crippen LogP contribution in [0.4, 0.5) is 0 Å². The molecule has 2 rings (SSSR count). The van der Waals surface area contributed by atoms with E-state index in [1.165, 1.54) is 0 Å². The van der Waals surface area contributed by atoms with Crippen LogP contribution in [0.2, 0.25) is 0 Å². The lowest BCUT2D eigenvalue weighted by atomic mass is 10.2. The zero-order valence-electron chi connectivity index (χ0n) is 7.75. The number of hydrogen-bond acceptors (Lipinski definition) is 3. The molecular weight excluding hydrogens is 200 g/mol. The zero-order valence-corrected chi connectivity index (χ0v) is 8.56. The molecule has 14 heavy (non-hydrogen) atoms. The van der Waals surface area contributed by atoms with Crippen molar-refractivity contribution in [3.05, 3.63) is 26.4 Å². The van der Waals surface area contributed by atoms with Gasteiger partial charge in [0.2, 0.25) is 0 Å². The third kappa shape index (κ3) is 1.42. The molecule has 0 spiro atoms. The topological polar surface area (TPSA) is 58.0 Å². The molecule has 1 aliphatic rings. The predicted molar refractivity (Wildman–Crippen MR) is 55.0 cm³/mol. The summed E-state index contributed by atoms with van der Waals surface area (Å²) in [6.07, 6.45) is 2.88. The molecule has 0 atom stereocenters. The van der Waals surface area contributed by atoms with E-state index in [0.717, 1.165) is 30.5 Å². The van der Waals surface area contributed by atoms with Gasteiger partial charge in [-0.1, -0.05) is 12.2 Å². The second kappa shape index (κ2) is 3.67. The molecule has 1 aliphatic carbocycles. The average molecular weight is 212 g/mol. The number of rotatable bonds is 2. The van der Waals surface area contributed by atoms with Crippen LogP contribution in [0.5, 0.6) is 0 Å². The first-order chi connectivity index (χ1) is 6.74. The summed E-state index contributed by atoms with van der Waals surface area (Å²) in [5, 5.41) is 8.85. The van der Waals surface area contributed by atoms with Gasteiger partial charge in [0.05, 0.1) is 13.2 Å². The van der Waals surface area contributed by atoms with Crippen molar-refractivity contribution in [1.29, 1.82) is 0 Å². The summed E-state index contributed by atoms with van der Waals surface area (Å²) in [4.78, 5) is 14.2. The minimum atomic E-state index is -0.204. The van der Waals surface area contributed by atoms with Crippen molar-refractivity contribution in [3.8, 4) is 0 Å². The van der Waals surface area contributed by atoms with Crippen LogP contribution in [0.1, 0.15) is 17.7 Å². The fourth-order valence-corrected chi connectivity index (χ4v) is 2.28. The van der Waals surface area contributed by atoms with Crippen LogP contribution in [-0.2, 0) is 19.4 Å². The van der Waals surface area contributed by atoms with Crippen LogP contribution in [0, 0.1) is 4.64 Å². The number of aliphatic hydroxyl groups excluding tert-OH is 1. The van der Waals surface area contributed by atoms with Crippen molar-refractivity contribution in [2.75, 3.05) is 6.61 Å². The van der Waals surface area contributed by atoms with Gasteiger partial charge in [-0.2, -0.15) is 0 Å². The van der Waals surface area contributed by atoms with E-state index in [-0.39, 0.29) is 12.3 Å². The van der Waals surface area contributed by atoms with Gasteiger partial charge in [-0.25, -0.2) is 4.79 Å². The number of aliphatic hydroxyl groups is 1. The molecule has 0 fully saturated rings. The zero-order chi connectivity index (χ0) is 10.1. The van der Waals surface area contributed by atoms with E-state index in [1.54, 1.807) is 4.57 Å². The molecule has 1 heterocycles. The first-order valence-electron chi connectivity index (χ1n) is 4.70. The quantitative estimate of drug-likeness (QED) is 0.697. The van der Waals surface area contributed by atoms with Gasteiger partial charge < -0.3 is 5.11 Å². The molecule has 0 bridgehead atoms. The maximum absolute atomic E-state index is 11.5. The Bertz CT molecular complexity index is 461. The maximum atomic E-state index is 11.5. The number of nitrogens with zero attached hydrogens (tertiary/aromatic N) is 1.